The molecule has 84 valence electrons. The van der Waals surface area contributed by atoms with Gasteiger partial charge >= 0.3 is 0 Å². The molecule has 0 fully saturated rings. The maximum Gasteiger partial charge on any atom is 0.00111 e. The molecule has 2 aliphatic carbocycles. The normalized spacial score (nSPS) is 25.2. The van der Waals surface area contributed by atoms with Crippen molar-refractivity contribution in [1.82, 2.24) is 0 Å². The zero-order valence-electron chi connectivity index (χ0n) is 10.6. The van der Waals surface area contributed by atoms with Gasteiger partial charge in [-0.3, -0.25) is 0 Å². The van der Waals surface area contributed by atoms with Gasteiger partial charge in [-0.05, 0) is 11.1 Å². The zero-order valence-corrected chi connectivity index (χ0v) is 10.6. The van der Waals surface area contributed by atoms with E-state index >= 15 is 0 Å². The van der Waals surface area contributed by atoms with E-state index in [1.807, 2.05) is 0 Å². The second kappa shape index (κ2) is 3.62. The van der Waals surface area contributed by atoms with Crippen LogP contribution in [0.25, 0.3) is 0 Å². The van der Waals surface area contributed by atoms with E-state index < -0.39 is 0 Å². The molecule has 0 nitrogen and oxygen atoms in total. The molecule has 0 amide bonds. The van der Waals surface area contributed by atoms with Crippen molar-refractivity contribution in [3.63, 3.8) is 0 Å². The number of hydrogen-bond acceptors (Lipinski definition) is 0. The Bertz CT molecular complexity index is 357. The van der Waals surface area contributed by atoms with Crippen LogP contribution in [-0.4, -0.2) is 0 Å². The number of rotatable bonds is 0. The average molecular weight is 212 g/mol. The van der Waals surface area contributed by atoms with Crippen molar-refractivity contribution in [2.24, 2.45) is 10.8 Å². The van der Waals surface area contributed by atoms with Gasteiger partial charge in [0.1, 0.15) is 0 Å². The SMILES string of the molecule is CC1(C)C=CC2=C(C=C1)C=CC(C)(C)C=C2. The first-order valence-corrected chi connectivity index (χ1v) is 5.89. The molecule has 16 heavy (non-hydrogen) atoms. The van der Waals surface area contributed by atoms with Crippen LogP contribution in [0, 0.1) is 10.8 Å². The van der Waals surface area contributed by atoms with Crippen molar-refractivity contribution in [2.75, 3.05) is 0 Å². The highest BCUT2D eigenvalue weighted by Gasteiger charge is 2.16. The van der Waals surface area contributed by atoms with E-state index in [1.165, 1.54) is 11.1 Å². The average Bonchev–Trinajstić information content (AvgIpc) is 2.40. The minimum atomic E-state index is 0.156. The Balaban J connectivity index is 2.43. The summed E-state index contributed by atoms with van der Waals surface area (Å²) in [5, 5.41) is 0. The van der Waals surface area contributed by atoms with Crippen molar-refractivity contribution in [2.45, 2.75) is 27.7 Å². The van der Waals surface area contributed by atoms with E-state index in [0.29, 0.717) is 0 Å². The van der Waals surface area contributed by atoms with Crippen LogP contribution in [0.2, 0.25) is 0 Å². The summed E-state index contributed by atoms with van der Waals surface area (Å²) >= 11 is 0. The largest absolute Gasteiger partial charge is 0.0745 e. The number of hydrogen-bond donors (Lipinski definition) is 0. The summed E-state index contributed by atoms with van der Waals surface area (Å²) in [6.07, 6.45) is 18.0. The van der Waals surface area contributed by atoms with Crippen molar-refractivity contribution >= 4 is 0 Å². The van der Waals surface area contributed by atoms with Gasteiger partial charge < -0.3 is 0 Å². The molecule has 0 radical (unpaired) electrons. The summed E-state index contributed by atoms with van der Waals surface area (Å²) in [4.78, 5) is 0. The molecular formula is C16H20. The molecule has 0 heteroatoms. The van der Waals surface area contributed by atoms with Crippen LogP contribution in [0.4, 0.5) is 0 Å². The van der Waals surface area contributed by atoms with E-state index in [4.69, 9.17) is 0 Å². The zero-order chi connectivity index (χ0) is 11.8. The Morgan fingerprint density at radius 3 is 1.06 bits per heavy atom. The standard InChI is InChI=1S/C16H20/c1-15(2)9-5-13-7-11-16(3,4)12-8-14(13)6-10-15/h5-12H,1-4H3. The molecular weight excluding hydrogens is 192 g/mol. The molecule has 0 unspecified atom stereocenters. The van der Waals surface area contributed by atoms with Gasteiger partial charge in [-0.1, -0.05) is 76.3 Å². The van der Waals surface area contributed by atoms with Crippen molar-refractivity contribution in [1.29, 1.82) is 0 Å². The van der Waals surface area contributed by atoms with Crippen LogP contribution in [-0.2, 0) is 0 Å². The van der Waals surface area contributed by atoms with Gasteiger partial charge in [0.2, 0.25) is 0 Å². The minimum Gasteiger partial charge on any atom is -0.0745 e. The lowest BCUT2D eigenvalue weighted by atomic mass is 9.91. The van der Waals surface area contributed by atoms with E-state index in [1.54, 1.807) is 0 Å². The molecule has 0 aliphatic heterocycles. The molecule has 0 spiro atoms. The summed E-state index contributed by atoms with van der Waals surface area (Å²) < 4.78 is 0. The first-order chi connectivity index (χ1) is 7.38. The third-order valence-electron chi connectivity index (χ3n) is 3.10. The molecule has 2 aliphatic rings. The summed E-state index contributed by atoms with van der Waals surface area (Å²) in [5.41, 5.74) is 2.93. The van der Waals surface area contributed by atoms with Crippen molar-refractivity contribution in [3.8, 4) is 0 Å². The Kier molecular flexibility index (Phi) is 2.53. The third-order valence-corrected chi connectivity index (χ3v) is 3.10. The maximum absolute atomic E-state index is 2.27. The van der Waals surface area contributed by atoms with E-state index in [2.05, 4.69) is 76.3 Å². The summed E-state index contributed by atoms with van der Waals surface area (Å²) in [5.74, 6) is 0. The molecule has 0 aromatic heterocycles. The van der Waals surface area contributed by atoms with Gasteiger partial charge in [0, 0.05) is 10.8 Å². The maximum atomic E-state index is 2.27. The van der Waals surface area contributed by atoms with Crippen LogP contribution in [0.1, 0.15) is 27.7 Å². The van der Waals surface area contributed by atoms with Crippen LogP contribution in [0.3, 0.4) is 0 Å². The summed E-state index contributed by atoms with van der Waals surface area (Å²) in [6.45, 7) is 8.90. The Morgan fingerprint density at radius 2 is 0.812 bits per heavy atom. The first-order valence-electron chi connectivity index (χ1n) is 5.89. The van der Waals surface area contributed by atoms with Crippen LogP contribution in [0.15, 0.2) is 59.8 Å². The molecule has 0 heterocycles. The smallest absolute Gasteiger partial charge is 0.00111 e. The quantitative estimate of drug-likeness (QED) is 0.551. The van der Waals surface area contributed by atoms with Crippen molar-refractivity contribution < 1.29 is 0 Å². The molecule has 0 aromatic carbocycles. The lowest BCUT2D eigenvalue weighted by Gasteiger charge is -2.14. The van der Waals surface area contributed by atoms with Gasteiger partial charge in [0.05, 0.1) is 0 Å². The predicted molar refractivity (Wildman–Crippen MR) is 71.1 cm³/mol. The Morgan fingerprint density at radius 1 is 0.562 bits per heavy atom. The number of allylic oxidation sites excluding steroid dienone is 10. The third kappa shape index (κ3) is 2.44. The van der Waals surface area contributed by atoms with Gasteiger partial charge in [0.25, 0.3) is 0 Å². The lowest BCUT2D eigenvalue weighted by Crippen LogP contribution is -2.02. The Labute approximate surface area is 98.8 Å². The van der Waals surface area contributed by atoms with Gasteiger partial charge in [-0.2, -0.15) is 0 Å². The molecule has 0 atom stereocenters. The fraction of sp³-hybridized carbons (Fsp3) is 0.375. The highest BCUT2D eigenvalue weighted by atomic mass is 14.2. The summed E-state index contributed by atoms with van der Waals surface area (Å²) in [7, 11) is 0. The summed E-state index contributed by atoms with van der Waals surface area (Å²) in [6, 6.07) is 0. The molecule has 0 saturated carbocycles. The van der Waals surface area contributed by atoms with Gasteiger partial charge in [0.15, 0.2) is 0 Å². The molecule has 0 aromatic rings. The van der Waals surface area contributed by atoms with Crippen LogP contribution >= 0.6 is 0 Å². The molecule has 0 saturated heterocycles. The predicted octanol–water partition coefficient (Wildman–Crippen LogP) is 4.59. The second-order valence-corrected chi connectivity index (χ2v) is 5.89. The Hall–Kier alpha value is -1.30. The monoisotopic (exact) mass is 212 g/mol. The van der Waals surface area contributed by atoms with Gasteiger partial charge in [-0.25, -0.2) is 0 Å². The molecule has 2 rings (SSSR count). The van der Waals surface area contributed by atoms with Crippen LogP contribution in [0.5, 0.6) is 0 Å². The second-order valence-electron chi connectivity index (χ2n) is 5.89. The molecule has 0 N–H and O–H groups in total. The highest BCUT2D eigenvalue weighted by molar-refractivity contribution is 5.51. The molecule has 0 bridgehead atoms. The topological polar surface area (TPSA) is 0 Å². The van der Waals surface area contributed by atoms with E-state index in [0.717, 1.165) is 0 Å². The van der Waals surface area contributed by atoms with Gasteiger partial charge in [-0.15, -0.1) is 0 Å². The van der Waals surface area contributed by atoms with E-state index in [9.17, 15) is 0 Å². The van der Waals surface area contributed by atoms with Crippen LogP contribution < -0.4 is 0 Å². The van der Waals surface area contributed by atoms with E-state index in [-0.39, 0.29) is 10.8 Å². The first kappa shape index (κ1) is 11.2. The minimum absolute atomic E-state index is 0.156. The highest BCUT2D eigenvalue weighted by Crippen LogP contribution is 2.31. The fourth-order valence-electron chi connectivity index (χ4n) is 1.83. The van der Waals surface area contributed by atoms with Crippen molar-refractivity contribution in [3.05, 3.63) is 59.8 Å². The lowest BCUT2D eigenvalue weighted by molar-refractivity contribution is 0.624. The fourth-order valence-corrected chi connectivity index (χ4v) is 1.83.